The van der Waals surface area contributed by atoms with Gasteiger partial charge in [0.25, 0.3) is 0 Å². The third-order valence-corrected chi connectivity index (χ3v) is 4.10. The fourth-order valence-electron chi connectivity index (χ4n) is 2.83. The van der Waals surface area contributed by atoms with Gasteiger partial charge in [0.05, 0.1) is 0 Å². The van der Waals surface area contributed by atoms with Crippen LogP contribution < -0.4 is 5.32 Å². The molecule has 26 heavy (non-hydrogen) atoms. The highest BCUT2D eigenvalue weighted by atomic mass is 16.1. The maximum atomic E-state index is 12.8. The van der Waals surface area contributed by atoms with E-state index in [1.54, 1.807) is 0 Å². The second kappa shape index (κ2) is 10.5. The van der Waals surface area contributed by atoms with Crippen molar-refractivity contribution in [1.29, 1.82) is 0 Å². The van der Waals surface area contributed by atoms with Crippen molar-refractivity contribution >= 4 is 17.9 Å². The summed E-state index contributed by atoms with van der Waals surface area (Å²) in [5.74, 6) is 0.169. The molecule has 0 saturated carbocycles. The van der Waals surface area contributed by atoms with Crippen LogP contribution >= 0.6 is 0 Å². The van der Waals surface area contributed by atoms with Crippen LogP contribution in [0.15, 0.2) is 71.8 Å². The maximum Gasteiger partial charge on any atom is 0.187 e. The van der Waals surface area contributed by atoms with E-state index in [0.717, 1.165) is 41.9 Å². The molecule has 1 N–H and O–H groups in total. The Bertz CT molecular complexity index is 687. The second-order valence-electron chi connectivity index (χ2n) is 6.29. The van der Waals surface area contributed by atoms with Crippen LogP contribution in [-0.2, 0) is 4.79 Å². The number of benzene rings is 2. The normalized spacial score (nSPS) is 17.9. The topological polar surface area (TPSA) is 32.3 Å². The Morgan fingerprint density at radius 3 is 1.58 bits per heavy atom. The van der Waals surface area contributed by atoms with Gasteiger partial charge in [-0.15, -0.1) is 0 Å². The Morgan fingerprint density at radius 2 is 1.23 bits per heavy atom. The number of nitrogens with zero attached hydrogens (tertiary/aromatic N) is 1. The second-order valence-corrected chi connectivity index (χ2v) is 6.29. The lowest BCUT2D eigenvalue weighted by Crippen LogP contribution is -2.37. The van der Waals surface area contributed by atoms with Crippen molar-refractivity contribution in [3.63, 3.8) is 0 Å². The highest BCUT2D eigenvalue weighted by Gasteiger charge is 2.25. The first kappa shape index (κ1) is 19.8. The summed E-state index contributed by atoms with van der Waals surface area (Å²) in [5.41, 5.74) is 3.89. The summed E-state index contributed by atoms with van der Waals surface area (Å²) in [5, 5.41) is 2.75. The van der Waals surface area contributed by atoms with Gasteiger partial charge < -0.3 is 5.32 Å². The largest absolute Gasteiger partial charge is 0.323 e. The quantitative estimate of drug-likeness (QED) is 0.854. The van der Waals surface area contributed by atoms with Crippen LogP contribution in [0.4, 0.5) is 0 Å². The van der Waals surface area contributed by atoms with Gasteiger partial charge in [-0.3, -0.25) is 9.69 Å². The van der Waals surface area contributed by atoms with Gasteiger partial charge in [0.1, 0.15) is 0 Å². The molecular weight excluding hydrogens is 320 g/mol. The molecule has 0 atom stereocenters. The van der Waals surface area contributed by atoms with E-state index < -0.39 is 0 Å². The molecule has 0 amide bonds. The highest BCUT2D eigenvalue weighted by molar-refractivity contribution is 6.14. The van der Waals surface area contributed by atoms with E-state index in [1.165, 1.54) is 0 Å². The predicted molar refractivity (Wildman–Crippen MR) is 111 cm³/mol. The molecule has 1 saturated heterocycles. The highest BCUT2D eigenvalue weighted by Crippen LogP contribution is 2.21. The monoisotopic (exact) mass is 348 g/mol. The number of carbonyl (C=O) groups is 1. The molecule has 2 aromatic carbocycles. The van der Waals surface area contributed by atoms with E-state index in [4.69, 9.17) is 0 Å². The van der Waals surface area contributed by atoms with Crippen molar-refractivity contribution in [1.82, 2.24) is 10.2 Å². The summed E-state index contributed by atoms with van der Waals surface area (Å²) in [6.07, 6.45) is 4.03. The Hall–Kier alpha value is -2.49. The number of rotatable bonds is 3. The van der Waals surface area contributed by atoms with E-state index in [9.17, 15) is 4.79 Å². The Balaban J connectivity index is 0.000000758. The van der Waals surface area contributed by atoms with Gasteiger partial charge >= 0.3 is 0 Å². The molecule has 136 valence electrons. The van der Waals surface area contributed by atoms with Gasteiger partial charge in [0.15, 0.2) is 5.78 Å². The summed E-state index contributed by atoms with van der Waals surface area (Å²) in [6, 6.07) is 20.1. The van der Waals surface area contributed by atoms with Crippen LogP contribution in [0.25, 0.3) is 12.2 Å². The van der Waals surface area contributed by atoms with Gasteiger partial charge in [0, 0.05) is 24.2 Å². The van der Waals surface area contributed by atoms with Crippen molar-refractivity contribution in [2.45, 2.75) is 6.92 Å². The number of hydrogen-bond donors (Lipinski definition) is 1. The minimum absolute atomic E-state index is 0.169. The molecule has 0 aliphatic carbocycles. The van der Waals surface area contributed by atoms with E-state index in [0.29, 0.717) is 0 Å². The lowest BCUT2D eigenvalue weighted by Gasteiger charge is -2.28. The summed E-state index contributed by atoms with van der Waals surface area (Å²) < 4.78 is 0. The zero-order valence-corrected chi connectivity index (χ0v) is 15.9. The number of Topliss-reactive ketones (excluding diaryl/α,β-unsaturated/α-hetero) is 1. The number of piperidine rings is 1. The van der Waals surface area contributed by atoms with Gasteiger partial charge in [-0.25, -0.2) is 0 Å². The van der Waals surface area contributed by atoms with E-state index >= 15 is 0 Å². The van der Waals surface area contributed by atoms with Crippen LogP contribution in [0.1, 0.15) is 18.1 Å². The number of ketones is 1. The Kier molecular flexibility index (Phi) is 8.00. The molecule has 3 rings (SSSR count). The van der Waals surface area contributed by atoms with E-state index in [-0.39, 0.29) is 5.78 Å². The summed E-state index contributed by atoms with van der Waals surface area (Å²) in [4.78, 5) is 15.1. The van der Waals surface area contributed by atoms with E-state index in [1.807, 2.05) is 86.9 Å². The average molecular weight is 348 g/mol. The first-order chi connectivity index (χ1) is 12.7. The molecule has 0 unspecified atom stereocenters. The summed E-state index contributed by atoms with van der Waals surface area (Å²) in [6.45, 7) is 4.51. The molecule has 3 heteroatoms. The molecule has 0 radical (unpaired) electrons. The third-order valence-electron chi connectivity index (χ3n) is 4.10. The van der Waals surface area contributed by atoms with E-state index in [2.05, 4.69) is 17.1 Å². The van der Waals surface area contributed by atoms with Gasteiger partial charge in [-0.1, -0.05) is 67.6 Å². The molecule has 1 fully saturated rings. The van der Waals surface area contributed by atoms with Crippen LogP contribution in [0.2, 0.25) is 0 Å². The molecule has 3 nitrogen and oxygen atoms in total. The third kappa shape index (κ3) is 5.80. The minimum atomic E-state index is 0.169. The molecule has 1 aliphatic heterocycles. The predicted octanol–water partition coefficient (Wildman–Crippen LogP) is 3.89. The number of hydrogen-bond acceptors (Lipinski definition) is 3. The molecule has 0 bridgehead atoms. The molecule has 0 spiro atoms. The molecular formula is C23H28N2O. The number of likely N-dealkylation sites (tertiary alicyclic amines) is 1. The van der Waals surface area contributed by atoms with Crippen LogP contribution in [0.5, 0.6) is 0 Å². The Morgan fingerprint density at radius 1 is 0.846 bits per heavy atom. The minimum Gasteiger partial charge on any atom is -0.323 e. The van der Waals surface area contributed by atoms with Gasteiger partial charge in [0.2, 0.25) is 0 Å². The maximum absolute atomic E-state index is 12.8. The number of carbonyl (C=O) groups excluding carboxylic acids is 1. The van der Waals surface area contributed by atoms with Gasteiger partial charge in [-0.2, -0.15) is 0 Å². The number of likely N-dealkylation sites (N-methyl/N-ethyl adjacent to an activating group) is 1. The first-order valence-electron chi connectivity index (χ1n) is 9.04. The van der Waals surface area contributed by atoms with Crippen LogP contribution in [0.3, 0.4) is 0 Å². The van der Waals surface area contributed by atoms with Crippen molar-refractivity contribution in [2.24, 2.45) is 0 Å². The lowest BCUT2D eigenvalue weighted by atomic mass is 9.94. The smallest absolute Gasteiger partial charge is 0.187 e. The summed E-state index contributed by atoms with van der Waals surface area (Å²) >= 11 is 0. The first-order valence-corrected chi connectivity index (χ1v) is 9.04. The fraction of sp³-hybridized carbons (Fsp3) is 0.261. The van der Waals surface area contributed by atoms with Crippen molar-refractivity contribution < 1.29 is 4.79 Å². The standard InChI is InChI=1S/C21H21NO.C2H7N/c1-2-22-15-19(13-17-9-5-3-6-10-17)21(23)20(16-22)14-18-11-7-4-8-12-18;1-3-2/h3-14H,2,15-16H2,1H3;3H,1-2H3. The molecule has 0 aromatic heterocycles. The van der Waals surface area contributed by atoms with Crippen molar-refractivity contribution in [2.75, 3.05) is 33.7 Å². The molecule has 2 aromatic rings. The molecule has 1 heterocycles. The Labute approximate surface area is 157 Å². The zero-order chi connectivity index (χ0) is 18.8. The SMILES string of the molecule is CCN1CC(=Cc2ccccc2)C(=O)C(=Cc2ccccc2)C1.CNC. The number of nitrogens with one attached hydrogen (secondary N) is 1. The summed E-state index contributed by atoms with van der Waals surface area (Å²) in [7, 11) is 3.75. The molecule has 1 aliphatic rings. The van der Waals surface area contributed by atoms with Crippen molar-refractivity contribution in [3.8, 4) is 0 Å². The van der Waals surface area contributed by atoms with Gasteiger partial charge in [-0.05, 0) is 43.9 Å². The average Bonchev–Trinajstić information content (AvgIpc) is 2.67. The zero-order valence-electron chi connectivity index (χ0n) is 15.9. The van der Waals surface area contributed by atoms with Crippen LogP contribution in [-0.4, -0.2) is 44.4 Å². The fourth-order valence-corrected chi connectivity index (χ4v) is 2.83. The van der Waals surface area contributed by atoms with Crippen LogP contribution in [0, 0.1) is 0 Å². The lowest BCUT2D eigenvalue weighted by molar-refractivity contribution is -0.113. The van der Waals surface area contributed by atoms with Crippen molar-refractivity contribution in [3.05, 3.63) is 82.9 Å².